The molecule has 0 amide bonds. The Balaban J connectivity index is 2.59. The monoisotopic (exact) mass is 374 g/mol. The maximum Gasteiger partial charge on any atom is 0.725 e. The molecule has 0 aliphatic carbocycles. The quantitative estimate of drug-likeness (QED) is 0.572. The molecular formula is C6H5AlI2O. The van der Waals surface area contributed by atoms with Gasteiger partial charge < -0.3 is 3.79 Å². The second-order valence-corrected chi connectivity index (χ2v) is 16.4. The largest absolute Gasteiger partial charge is 0.725 e. The number of halogens is 2. The molecule has 1 aromatic carbocycles. The molecule has 0 heterocycles. The summed E-state index contributed by atoms with van der Waals surface area (Å²) in [6.45, 7) is 0. The Bertz CT molecular complexity index is 190. The van der Waals surface area contributed by atoms with Crippen molar-refractivity contribution < 1.29 is 3.79 Å². The molecule has 0 spiro atoms. The molecule has 0 aromatic heterocycles. The number of benzene rings is 1. The van der Waals surface area contributed by atoms with Crippen molar-refractivity contribution in [3.05, 3.63) is 30.3 Å². The average Bonchev–Trinajstić information content (AvgIpc) is 1.88. The molecule has 0 saturated carbocycles. The van der Waals surface area contributed by atoms with Crippen LogP contribution in [0.5, 0.6) is 5.75 Å². The molecule has 10 heavy (non-hydrogen) atoms. The minimum Gasteiger partial charge on any atom is -0.628 e. The molecule has 1 rings (SSSR count). The molecule has 4 heteroatoms. The third-order valence-electron chi connectivity index (χ3n) is 0.968. The zero-order valence-corrected chi connectivity index (χ0v) is 10.6. The van der Waals surface area contributed by atoms with E-state index in [-0.39, 0.29) is 0 Å². The first-order chi connectivity index (χ1) is 4.79. The molecule has 0 fully saturated rings. The van der Waals surface area contributed by atoms with Crippen LogP contribution >= 0.6 is 40.5 Å². The van der Waals surface area contributed by atoms with E-state index in [2.05, 4.69) is 40.5 Å². The molecule has 0 aliphatic rings. The topological polar surface area (TPSA) is 9.23 Å². The Kier molecular flexibility index (Phi) is 4.37. The van der Waals surface area contributed by atoms with E-state index in [0.717, 1.165) is 5.75 Å². The van der Waals surface area contributed by atoms with Crippen LogP contribution in [0.1, 0.15) is 0 Å². The van der Waals surface area contributed by atoms with E-state index in [1.807, 2.05) is 30.3 Å². The van der Waals surface area contributed by atoms with Gasteiger partial charge in [0.2, 0.25) is 0 Å². The summed E-state index contributed by atoms with van der Waals surface area (Å²) in [5, 5.41) is 0. The summed E-state index contributed by atoms with van der Waals surface area (Å²) in [4.78, 5) is 0. The van der Waals surface area contributed by atoms with Crippen LogP contribution in [0.2, 0.25) is 0 Å². The van der Waals surface area contributed by atoms with Gasteiger partial charge in [0.05, 0.1) is 5.75 Å². The Morgan fingerprint density at radius 1 is 1.10 bits per heavy atom. The second-order valence-electron chi connectivity index (χ2n) is 1.69. The van der Waals surface area contributed by atoms with E-state index < -0.39 is 7.92 Å². The summed E-state index contributed by atoms with van der Waals surface area (Å²) < 4.78 is 5.53. The van der Waals surface area contributed by atoms with Gasteiger partial charge in [0.15, 0.2) is 0 Å². The highest BCUT2D eigenvalue weighted by Gasteiger charge is 2.12. The Hall–Kier alpha value is 1.01. The molecule has 1 nitrogen and oxygen atoms in total. The predicted molar refractivity (Wildman–Crippen MR) is 60.9 cm³/mol. The fourth-order valence-corrected chi connectivity index (χ4v) is 2.73. The summed E-state index contributed by atoms with van der Waals surface area (Å²) in [7, 11) is -0.957. The van der Waals surface area contributed by atoms with Crippen molar-refractivity contribution in [3.63, 3.8) is 0 Å². The molecule has 0 bridgehead atoms. The van der Waals surface area contributed by atoms with E-state index in [9.17, 15) is 0 Å². The maximum atomic E-state index is 5.53. The molecule has 0 saturated heterocycles. The van der Waals surface area contributed by atoms with Crippen LogP contribution in [0, 0.1) is 0 Å². The van der Waals surface area contributed by atoms with Crippen molar-refractivity contribution in [1.29, 1.82) is 0 Å². The SMILES string of the molecule is [I][Al]([I])[O]c1ccccc1. The third-order valence-corrected chi connectivity index (χ3v) is 2.94. The van der Waals surface area contributed by atoms with Gasteiger partial charge >= 0.3 is 7.92 Å². The van der Waals surface area contributed by atoms with Crippen molar-refractivity contribution >= 4 is 48.5 Å². The summed E-state index contributed by atoms with van der Waals surface area (Å²) >= 11 is 4.70. The lowest BCUT2D eigenvalue weighted by molar-refractivity contribution is 0.611. The standard InChI is InChI=1S/C6H6O.Al.2HI/c7-6-4-2-1-3-5-6;;;/h1-5,7H;;2*1H/q;+3;;/p-3. The van der Waals surface area contributed by atoms with Crippen LogP contribution in [0.25, 0.3) is 0 Å². The van der Waals surface area contributed by atoms with Crippen LogP contribution in [-0.4, -0.2) is 7.92 Å². The fourth-order valence-electron chi connectivity index (χ4n) is 0.602. The van der Waals surface area contributed by atoms with Crippen molar-refractivity contribution in [1.82, 2.24) is 0 Å². The first-order valence-corrected chi connectivity index (χ1v) is 11.6. The Labute approximate surface area is 87.2 Å². The lowest BCUT2D eigenvalue weighted by atomic mass is 10.3. The highest BCUT2D eigenvalue weighted by atomic mass is 127. The zero-order chi connectivity index (χ0) is 7.40. The van der Waals surface area contributed by atoms with Gasteiger partial charge in [-0.15, -0.1) is 40.5 Å². The molecule has 0 radical (unpaired) electrons. The normalized spacial score (nSPS) is 9.00. The highest BCUT2D eigenvalue weighted by molar-refractivity contribution is 14.3. The number of hydrogen-bond acceptors (Lipinski definition) is 1. The van der Waals surface area contributed by atoms with Gasteiger partial charge in [-0.2, -0.15) is 0 Å². The first kappa shape index (κ1) is 9.10. The van der Waals surface area contributed by atoms with Crippen LogP contribution in [0.15, 0.2) is 30.3 Å². The van der Waals surface area contributed by atoms with E-state index in [0.29, 0.717) is 0 Å². The average molecular weight is 374 g/mol. The van der Waals surface area contributed by atoms with Gasteiger partial charge in [0.1, 0.15) is 0 Å². The molecule has 0 N–H and O–H groups in total. The minimum absolute atomic E-state index is 0.957. The van der Waals surface area contributed by atoms with Crippen molar-refractivity contribution in [2.75, 3.05) is 0 Å². The Morgan fingerprint density at radius 2 is 1.70 bits per heavy atom. The highest BCUT2D eigenvalue weighted by Crippen LogP contribution is 2.14. The molecule has 0 aliphatic heterocycles. The first-order valence-electron chi connectivity index (χ1n) is 2.79. The van der Waals surface area contributed by atoms with Gasteiger partial charge in [-0.05, 0) is 12.1 Å². The summed E-state index contributed by atoms with van der Waals surface area (Å²) in [5.41, 5.74) is 0. The predicted octanol–water partition coefficient (Wildman–Crippen LogP) is 2.92. The van der Waals surface area contributed by atoms with E-state index in [1.54, 1.807) is 0 Å². The van der Waals surface area contributed by atoms with E-state index in [4.69, 9.17) is 3.79 Å². The number of hydrogen-bond donors (Lipinski definition) is 0. The van der Waals surface area contributed by atoms with E-state index >= 15 is 0 Å². The second kappa shape index (κ2) is 4.80. The molecular weight excluding hydrogens is 369 g/mol. The van der Waals surface area contributed by atoms with Crippen LogP contribution in [-0.2, 0) is 0 Å². The van der Waals surface area contributed by atoms with Crippen molar-refractivity contribution in [2.45, 2.75) is 0 Å². The third kappa shape index (κ3) is 3.42. The van der Waals surface area contributed by atoms with Crippen molar-refractivity contribution in [3.8, 4) is 5.75 Å². The molecule has 52 valence electrons. The lowest BCUT2D eigenvalue weighted by Crippen LogP contribution is -2.02. The van der Waals surface area contributed by atoms with Gasteiger partial charge in [-0.3, -0.25) is 0 Å². The van der Waals surface area contributed by atoms with Crippen LogP contribution in [0.3, 0.4) is 0 Å². The van der Waals surface area contributed by atoms with Gasteiger partial charge in [0.25, 0.3) is 0 Å². The summed E-state index contributed by atoms with van der Waals surface area (Å²) in [5.74, 6) is 0.989. The summed E-state index contributed by atoms with van der Waals surface area (Å²) in [6.07, 6.45) is 0. The fraction of sp³-hybridized carbons (Fsp3) is 0. The smallest absolute Gasteiger partial charge is 0.628 e. The summed E-state index contributed by atoms with van der Waals surface area (Å²) in [6, 6.07) is 9.93. The zero-order valence-electron chi connectivity index (χ0n) is 5.13. The van der Waals surface area contributed by atoms with Crippen molar-refractivity contribution in [2.24, 2.45) is 0 Å². The van der Waals surface area contributed by atoms with Gasteiger partial charge in [0, 0.05) is 0 Å². The van der Waals surface area contributed by atoms with Gasteiger partial charge in [-0.25, -0.2) is 0 Å². The van der Waals surface area contributed by atoms with Gasteiger partial charge in [-0.1, -0.05) is 18.2 Å². The van der Waals surface area contributed by atoms with Crippen LogP contribution < -0.4 is 3.79 Å². The Morgan fingerprint density at radius 3 is 2.20 bits per heavy atom. The molecule has 1 aromatic rings. The molecule has 0 unspecified atom stereocenters. The number of para-hydroxylation sites is 1. The lowest BCUT2D eigenvalue weighted by Gasteiger charge is -2.03. The molecule has 0 atom stereocenters. The minimum atomic E-state index is -0.957. The van der Waals surface area contributed by atoms with E-state index in [1.165, 1.54) is 0 Å². The van der Waals surface area contributed by atoms with Crippen LogP contribution in [0.4, 0.5) is 0 Å². The number of rotatable bonds is 2. The maximum absolute atomic E-state index is 5.53.